The number of aryl methyl sites for hydroxylation is 1. The maximum absolute atomic E-state index is 12.8. The van der Waals surface area contributed by atoms with Crippen LogP contribution in [-0.2, 0) is 6.42 Å². The summed E-state index contributed by atoms with van der Waals surface area (Å²) < 4.78 is 0. The molecule has 1 unspecified atom stereocenters. The minimum atomic E-state index is -0.0303. The van der Waals surface area contributed by atoms with E-state index < -0.39 is 0 Å². The molecule has 2 aliphatic rings. The maximum Gasteiger partial charge on any atom is 0.257 e. The Balaban J connectivity index is 1.76. The Bertz CT molecular complexity index is 554. The fraction of sp³-hybridized carbons (Fsp3) is 0.611. The topological polar surface area (TPSA) is 43.8 Å². The normalized spacial score (nSPS) is 23.4. The molecule has 1 atom stereocenters. The van der Waals surface area contributed by atoms with Gasteiger partial charge in [0.2, 0.25) is 0 Å². The summed E-state index contributed by atoms with van der Waals surface area (Å²) in [4.78, 5) is 17.3. The molecule has 2 fully saturated rings. The van der Waals surface area contributed by atoms with E-state index in [2.05, 4.69) is 11.8 Å². The minimum absolute atomic E-state index is 0.0303. The number of amides is 1. The highest BCUT2D eigenvalue weighted by molar-refractivity contribution is 5.97. The molecule has 120 valence electrons. The molecule has 4 nitrogen and oxygen atoms in total. The number of phenols is 1. The van der Waals surface area contributed by atoms with Crippen molar-refractivity contribution in [3.8, 4) is 5.75 Å². The van der Waals surface area contributed by atoms with Gasteiger partial charge in [0.15, 0.2) is 0 Å². The Hall–Kier alpha value is -1.55. The van der Waals surface area contributed by atoms with Crippen LogP contribution in [0.4, 0.5) is 0 Å². The van der Waals surface area contributed by atoms with Gasteiger partial charge in [0.1, 0.15) is 5.75 Å². The van der Waals surface area contributed by atoms with Gasteiger partial charge in [0.05, 0.1) is 5.56 Å². The molecule has 4 heteroatoms. The highest BCUT2D eigenvalue weighted by Crippen LogP contribution is 2.29. The van der Waals surface area contributed by atoms with E-state index in [9.17, 15) is 9.90 Å². The summed E-state index contributed by atoms with van der Waals surface area (Å²) in [6, 6.07) is 6.23. The average molecular weight is 302 g/mol. The van der Waals surface area contributed by atoms with Crippen molar-refractivity contribution in [3.63, 3.8) is 0 Å². The van der Waals surface area contributed by atoms with Crippen molar-refractivity contribution in [2.45, 2.75) is 39.2 Å². The van der Waals surface area contributed by atoms with Gasteiger partial charge in [-0.15, -0.1) is 0 Å². The summed E-state index contributed by atoms with van der Waals surface area (Å²) in [6.07, 6.45) is 3.35. The van der Waals surface area contributed by atoms with Gasteiger partial charge in [-0.1, -0.05) is 26.0 Å². The van der Waals surface area contributed by atoms with Crippen LogP contribution in [0.25, 0.3) is 0 Å². The first kappa shape index (κ1) is 15.3. The summed E-state index contributed by atoms with van der Waals surface area (Å²) in [7, 11) is 0. The van der Waals surface area contributed by atoms with E-state index in [1.807, 2.05) is 24.0 Å². The number of rotatable bonds is 3. The zero-order valence-corrected chi connectivity index (χ0v) is 13.6. The van der Waals surface area contributed by atoms with Crippen LogP contribution in [0.5, 0.6) is 5.75 Å². The number of carbonyl (C=O) groups is 1. The number of nitrogens with zero attached hydrogens (tertiary/aromatic N) is 2. The maximum atomic E-state index is 12.8. The molecule has 0 spiro atoms. The molecular formula is C18H26N2O2. The second-order valence-electron chi connectivity index (χ2n) is 6.75. The zero-order chi connectivity index (χ0) is 15.7. The van der Waals surface area contributed by atoms with Crippen molar-refractivity contribution in [3.05, 3.63) is 29.3 Å². The number of benzene rings is 1. The average Bonchev–Trinajstić information content (AvgIpc) is 3.33. The molecule has 0 radical (unpaired) electrons. The van der Waals surface area contributed by atoms with Gasteiger partial charge in [-0.3, -0.25) is 9.69 Å². The van der Waals surface area contributed by atoms with Crippen LogP contribution in [0, 0.1) is 5.92 Å². The number of aromatic hydroxyl groups is 1. The summed E-state index contributed by atoms with van der Waals surface area (Å²) in [5.74, 6) is 0.604. The second-order valence-corrected chi connectivity index (χ2v) is 6.75. The molecule has 3 rings (SSSR count). The highest BCUT2D eigenvalue weighted by atomic mass is 16.3. The monoisotopic (exact) mass is 302 g/mol. The highest BCUT2D eigenvalue weighted by Gasteiger charge is 2.33. The number of carbonyl (C=O) groups excluding carboxylic acids is 1. The van der Waals surface area contributed by atoms with Crippen LogP contribution >= 0.6 is 0 Å². The third-order valence-corrected chi connectivity index (χ3v) is 4.82. The molecule has 1 heterocycles. The van der Waals surface area contributed by atoms with Gasteiger partial charge in [-0.25, -0.2) is 0 Å². The molecule has 0 aromatic heterocycles. The Morgan fingerprint density at radius 2 is 2.05 bits per heavy atom. The van der Waals surface area contributed by atoms with E-state index in [0.29, 0.717) is 11.5 Å². The Morgan fingerprint density at radius 1 is 1.27 bits per heavy atom. The first-order valence-electron chi connectivity index (χ1n) is 8.44. The molecule has 1 saturated carbocycles. The molecule has 0 bridgehead atoms. The molecule has 1 aliphatic carbocycles. The van der Waals surface area contributed by atoms with Crippen molar-refractivity contribution in [1.29, 1.82) is 0 Å². The van der Waals surface area contributed by atoms with E-state index >= 15 is 0 Å². The number of phenolic OH excluding ortho intramolecular Hbond substituents is 1. The van der Waals surface area contributed by atoms with E-state index in [1.54, 1.807) is 6.07 Å². The molecule has 1 aromatic rings. The van der Waals surface area contributed by atoms with E-state index in [0.717, 1.165) is 44.2 Å². The van der Waals surface area contributed by atoms with E-state index in [1.165, 1.54) is 12.8 Å². The standard InChI is InChI=1S/C18H26N2O2/c1-3-14-5-4-6-16(17(14)21)18(22)20-10-9-19(15-7-8-15)11-13(2)12-20/h4-6,13,15,21H,3,7-12H2,1-2H3. The van der Waals surface area contributed by atoms with Crippen molar-refractivity contribution in [1.82, 2.24) is 9.80 Å². The summed E-state index contributed by atoms with van der Waals surface area (Å²) in [5.41, 5.74) is 1.29. The first-order valence-corrected chi connectivity index (χ1v) is 8.44. The fourth-order valence-electron chi connectivity index (χ4n) is 3.44. The van der Waals surface area contributed by atoms with Crippen molar-refractivity contribution < 1.29 is 9.90 Å². The molecule has 22 heavy (non-hydrogen) atoms. The lowest BCUT2D eigenvalue weighted by Gasteiger charge is -2.23. The fourth-order valence-corrected chi connectivity index (χ4v) is 3.44. The van der Waals surface area contributed by atoms with Crippen molar-refractivity contribution in [2.75, 3.05) is 26.2 Å². The molecule has 1 amide bonds. The van der Waals surface area contributed by atoms with E-state index in [-0.39, 0.29) is 11.7 Å². The Kier molecular flexibility index (Phi) is 4.39. The first-order chi connectivity index (χ1) is 10.6. The molecule has 1 aliphatic heterocycles. The molecule has 1 aromatic carbocycles. The second kappa shape index (κ2) is 6.29. The van der Waals surface area contributed by atoms with Gasteiger partial charge in [0, 0.05) is 32.2 Å². The van der Waals surface area contributed by atoms with Gasteiger partial charge >= 0.3 is 0 Å². The predicted octanol–water partition coefficient (Wildman–Crippen LogP) is 2.51. The van der Waals surface area contributed by atoms with Crippen LogP contribution in [0.15, 0.2) is 18.2 Å². The van der Waals surface area contributed by atoms with Crippen molar-refractivity contribution in [2.24, 2.45) is 5.92 Å². The van der Waals surface area contributed by atoms with Gasteiger partial charge < -0.3 is 10.0 Å². The quantitative estimate of drug-likeness (QED) is 0.933. The number of hydrogen-bond donors (Lipinski definition) is 1. The molecular weight excluding hydrogens is 276 g/mol. The van der Waals surface area contributed by atoms with Crippen LogP contribution < -0.4 is 0 Å². The van der Waals surface area contributed by atoms with Gasteiger partial charge in [0.25, 0.3) is 5.91 Å². The summed E-state index contributed by atoms with van der Waals surface area (Å²) in [6.45, 7) is 7.77. The lowest BCUT2D eigenvalue weighted by molar-refractivity contribution is 0.0745. The van der Waals surface area contributed by atoms with Crippen molar-refractivity contribution >= 4 is 5.91 Å². The van der Waals surface area contributed by atoms with E-state index in [4.69, 9.17) is 0 Å². The summed E-state index contributed by atoms with van der Waals surface area (Å²) >= 11 is 0. The zero-order valence-electron chi connectivity index (χ0n) is 13.6. The lowest BCUT2D eigenvalue weighted by atomic mass is 10.0. The smallest absolute Gasteiger partial charge is 0.257 e. The van der Waals surface area contributed by atoms with Gasteiger partial charge in [-0.2, -0.15) is 0 Å². The summed E-state index contributed by atoms with van der Waals surface area (Å²) in [5, 5.41) is 10.3. The molecule has 1 saturated heterocycles. The SMILES string of the molecule is CCc1cccc(C(=O)N2CCN(C3CC3)CC(C)C2)c1O. The molecule has 1 N–H and O–H groups in total. The third-order valence-electron chi connectivity index (χ3n) is 4.82. The van der Waals surface area contributed by atoms with Crippen LogP contribution in [0.3, 0.4) is 0 Å². The Labute approximate surface area is 132 Å². The largest absolute Gasteiger partial charge is 0.507 e. The number of hydrogen-bond acceptors (Lipinski definition) is 3. The van der Waals surface area contributed by atoms with Crippen LogP contribution in [-0.4, -0.2) is 53.0 Å². The van der Waals surface area contributed by atoms with Crippen LogP contribution in [0.2, 0.25) is 0 Å². The minimum Gasteiger partial charge on any atom is -0.507 e. The number of para-hydroxylation sites is 1. The van der Waals surface area contributed by atoms with Crippen LogP contribution in [0.1, 0.15) is 42.6 Å². The predicted molar refractivity (Wildman–Crippen MR) is 87.1 cm³/mol. The third kappa shape index (κ3) is 3.12. The lowest BCUT2D eigenvalue weighted by Crippen LogP contribution is -2.36. The van der Waals surface area contributed by atoms with Gasteiger partial charge in [-0.05, 0) is 36.8 Å². The Morgan fingerprint density at radius 3 is 2.73 bits per heavy atom.